The highest BCUT2D eigenvalue weighted by Crippen LogP contribution is 2.35. The second kappa shape index (κ2) is 19.1. The predicted octanol–water partition coefficient (Wildman–Crippen LogP) is 3.30. The zero-order valence-corrected chi connectivity index (χ0v) is 24.0. The smallest absolute Gasteiger partial charge is 0.251 e. The summed E-state index contributed by atoms with van der Waals surface area (Å²) in [5.74, 6) is -0.0456. The fourth-order valence-corrected chi connectivity index (χ4v) is 3.78. The topological polar surface area (TPSA) is 184 Å². The SMILES string of the molecule is COc1c(O)ccc2c(=O)cc(-c3ccc(C(=O)NCCOCCOCCOCCOCCOCCN=[N+]=[N-])cc3)oc12. The molecule has 0 saturated carbocycles. The van der Waals surface area contributed by atoms with Gasteiger partial charge >= 0.3 is 0 Å². The second-order valence-corrected chi connectivity index (χ2v) is 8.82. The third kappa shape index (κ3) is 11.2. The Morgan fingerprint density at radius 1 is 0.884 bits per heavy atom. The number of methoxy groups -OCH3 is 1. The lowest BCUT2D eigenvalue weighted by molar-refractivity contribution is -0.0102. The molecule has 0 saturated heterocycles. The van der Waals surface area contributed by atoms with E-state index in [9.17, 15) is 14.7 Å². The van der Waals surface area contributed by atoms with Gasteiger partial charge in [-0.2, -0.15) is 0 Å². The molecule has 1 heterocycles. The van der Waals surface area contributed by atoms with E-state index in [1.54, 1.807) is 24.3 Å². The second-order valence-electron chi connectivity index (χ2n) is 8.82. The van der Waals surface area contributed by atoms with Crippen LogP contribution in [0.3, 0.4) is 0 Å². The van der Waals surface area contributed by atoms with Gasteiger partial charge in [0.15, 0.2) is 16.8 Å². The maximum Gasteiger partial charge on any atom is 0.251 e. The molecule has 43 heavy (non-hydrogen) atoms. The Morgan fingerprint density at radius 2 is 1.47 bits per heavy atom. The molecule has 1 aromatic heterocycles. The van der Waals surface area contributed by atoms with Crippen molar-refractivity contribution in [1.29, 1.82) is 0 Å². The molecule has 0 fully saturated rings. The summed E-state index contributed by atoms with van der Waals surface area (Å²) in [4.78, 5) is 27.7. The van der Waals surface area contributed by atoms with E-state index >= 15 is 0 Å². The first-order chi connectivity index (χ1) is 21.0. The fourth-order valence-electron chi connectivity index (χ4n) is 3.78. The normalized spacial score (nSPS) is 10.9. The molecule has 232 valence electrons. The van der Waals surface area contributed by atoms with Crippen LogP contribution in [0.15, 0.2) is 56.8 Å². The molecule has 14 nitrogen and oxygen atoms in total. The van der Waals surface area contributed by atoms with Crippen LogP contribution in [-0.2, 0) is 23.7 Å². The van der Waals surface area contributed by atoms with E-state index < -0.39 is 0 Å². The predicted molar refractivity (Wildman–Crippen MR) is 157 cm³/mol. The summed E-state index contributed by atoms with van der Waals surface area (Å²) < 4.78 is 38.0. The minimum Gasteiger partial charge on any atom is -0.504 e. The lowest BCUT2D eigenvalue weighted by Gasteiger charge is -2.09. The average molecular weight is 601 g/mol. The molecule has 3 rings (SSSR count). The monoisotopic (exact) mass is 600 g/mol. The molecule has 0 aliphatic carbocycles. The number of hydrogen-bond donors (Lipinski definition) is 2. The number of azide groups is 1. The van der Waals surface area contributed by atoms with Crippen molar-refractivity contribution in [2.24, 2.45) is 5.11 Å². The van der Waals surface area contributed by atoms with Crippen LogP contribution in [0, 0.1) is 0 Å². The Bertz CT molecular complexity index is 1390. The molecule has 14 heteroatoms. The molecular formula is C29H36N4O10. The minimum absolute atomic E-state index is 0.0770. The number of carbonyl (C=O) groups excluding carboxylic acids is 1. The number of phenolic OH excluding ortho intramolecular Hbond substituents is 1. The van der Waals surface area contributed by atoms with E-state index in [4.69, 9.17) is 38.4 Å². The first-order valence-electron chi connectivity index (χ1n) is 13.7. The highest BCUT2D eigenvalue weighted by atomic mass is 16.6. The number of aromatic hydroxyl groups is 1. The van der Waals surface area contributed by atoms with Crippen LogP contribution in [0.1, 0.15) is 10.4 Å². The summed E-state index contributed by atoms with van der Waals surface area (Å²) in [6.07, 6.45) is 0. The zero-order valence-electron chi connectivity index (χ0n) is 24.0. The van der Waals surface area contributed by atoms with Gasteiger partial charge in [0, 0.05) is 35.2 Å². The van der Waals surface area contributed by atoms with Crippen molar-refractivity contribution in [1.82, 2.24) is 5.32 Å². The molecule has 0 spiro atoms. The van der Waals surface area contributed by atoms with Crippen molar-refractivity contribution in [2.45, 2.75) is 0 Å². The molecule has 0 unspecified atom stereocenters. The Balaban J connectivity index is 1.24. The van der Waals surface area contributed by atoms with E-state index in [1.165, 1.54) is 25.3 Å². The fraction of sp³-hybridized carbons (Fsp3) is 0.448. The van der Waals surface area contributed by atoms with Gasteiger partial charge in [0.05, 0.1) is 78.6 Å². The first-order valence-corrected chi connectivity index (χ1v) is 13.7. The van der Waals surface area contributed by atoms with Crippen LogP contribution in [0.5, 0.6) is 11.5 Å². The van der Waals surface area contributed by atoms with Gasteiger partial charge in [-0.05, 0) is 29.8 Å². The summed E-state index contributed by atoms with van der Waals surface area (Å²) >= 11 is 0. The maximum absolute atomic E-state index is 12.6. The van der Waals surface area contributed by atoms with Crippen molar-refractivity contribution in [3.63, 3.8) is 0 Å². The van der Waals surface area contributed by atoms with Crippen LogP contribution in [0.4, 0.5) is 0 Å². The van der Waals surface area contributed by atoms with E-state index in [1.807, 2.05) is 0 Å². The molecule has 2 N–H and O–H groups in total. The number of nitrogens with zero attached hydrogens (tertiary/aromatic N) is 3. The number of hydrogen-bond acceptors (Lipinski definition) is 11. The molecular weight excluding hydrogens is 564 g/mol. The summed E-state index contributed by atoms with van der Waals surface area (Å²) in [5.41, 5.74) is 9.03. The number of rotatable bonds is 21. The first kappa shape index (κ1) is 33.3. The quantitative estimate of drug-likeness (QED) is 0.0796. The van der Waals surface area contributed by atoms with Gasteiger partial charge in [0.2, 0.25) is 5.75 Å². The third-order valence-corrected chi connectivity index (χ3v) is 5.89. The van der Waals surface area contributed by atoms with Gasteiger partial charge in [-0.3, -0.25) is 9.59 Å². The van der Waals surface area contributed by atoms with E-state index in [2.05, 4.69) is 15.3 Å². The van der Waals surface area contributed by atoms with Gasteiger partial charge in [-0.1, -0.05) is 17.2 Å². The van der Waals surface area contributed by atoms with E-state index in [-0.39, 0.29) is 39.6 Å². The minimum atomic E-state index is -0.281. The zero-order chi connectivity index (χ0) is 30.7. The number of amides is 1. The molecule has 1 amide bonds. The molecule has 0 aliphatic rings. The highest BCUT2D eigenvalue weighted by Gasteiger charge is 2.15. The summed E-state index contributed by atoms with van der Waals surface area (Å²) in [7, 11) is 1.38. The lowest BCUT2D eigenvalue weighted by atomic mass is 10.1. The van der Waals surface area contributed by atoms with Crippen LogP contribution in [-0.4, -0.2) is 97.3 Å². The van der Waals surface area contributed by atoms with Gasteiger partial charge in [-0.25, -0.2) is 0 Å². The molecule has 0 radical (unpaired) electrons. The summed E-state index contributed by atoms with van der Waals surface area (Å²) in [6.45, 7) is 4.74. The number of nitrogens with one attached hydrogen (secondary N) is 1. The van der Waals surface area contributed by atoms with Gasteiger partial charge < -0.3 is 43.3 Å². The number of carbonyl (C=O) groups is 1. The van der Waals surface area contributed by atoms with Crippen molar-refractivity contribution >= 4 is 16.9 Å². The number of benzene rings is 2. The molecule has 0 bridgehead atoms. The van der Waals surface area contributed by atoms with Crippen LogP contribution >= 0.6 is 0 Å². The van der Waals surface area contributed by atoms with Gasteiger partial charge in [-0.15, -0.1) is 0 Å². The molecule has 3 aromatic rings. The Labute approximate surface area is 248 Å². The standard InChI is InChI=1S/C29H36N4O10/c1-37-28-24(34)7-6-23-25(35)20-26(43-27(23)28)21-2-4-22(5-3-21)29(36)31-8-10-38-12-14-40-16-18-42-19-17-41-15-13-39-11-9-32-33-30/h2-7,20,34H,8-19H2,1H3,(H,31,36). The molecule has 2 aromatic carbocycles. The Morgan fingerprint density at radius 3 is 2.05 bits per heavy atom. The van der Waals surface area contributed by atoms with Crippen LogP contribution in [0.25, 0.3) is 32.7 Å². The maximum atomic E-state index is 12.6. The van der Waals surface area contributed by atoms with Crippen molar-refractivity contribution < 1.29 is 42.7 Å². The van der Waals surface area contributed by atoms with E-state index in [0.717, 1.165) is 0 Å². The Kier molecular flexibility index (Phi) is 14.8. The average Bonchev–Trinajstić information content (AvgIpc) is 3.02. The van der Waals surface area contributed by atoms with Gasteiger partial charge in [0.1, 0.15) is 5.76 Å². The van der Waals surface area contributed by atoms with Crippen molar-refractivity contribution in [2.75, 3.05) is 86.3 Å². The van der Waals surface area contributed by atoms with Crippen molar-refractivity contribution in [3.8, 4) is 22.8 Å². The summed E-state index contributed by atoms with van der Waals surface area (Å²) in [5, 5.41) is 16.5. The number of fused-ring (bicyclic) bond motifs is 1. The third-order valence-electron chi connectivity index (χ3n) is 5.89. The van der Waals surface area contributed by atoms with Crippen LogP contribution in [0.2, 0.25) is 0 Å². The number of phenols is 1. The van der Waals surface area contributed by atoms with Crippen molar-refractivity contribution in [3.05, 3.63) is 68.7 Å². The van der Waals surface area contributed by atoms with Gasteiger partial charge in [0.25, 0.3) is 5.91 Å². The highest BCUT2D eigenvalue weighted by molar-refractivity contribution is 5.94. The molecule has 0 atom stereocenters. The summed E-state index contributed by atoms with van der Waals surface area (Å²) in [6, 6.07) is 10.8. The lowest BCUT2D eigenvalue weighted by Crippen LogP contribution is -2.27. The Hall–Kier alpha value is -4.17. The number of ether oxygens (including phenoxy) is 6. The molecule has 0 aliphatic heterocycles. The van der Waals surface area contributed by atoms with E-state index in [0.29, 0.717) is 90.3 Å². The van der Waals surface area contributed by atoms with Crippen LogP contribution < -0.4 is 15.5 Å². The largest absolute Gasteiger partial charge is 0.504 e.